The lowest BCUT2D eigenvalue weighted by molar-refractivity contribution is -0.137. The van der Waals surface area contributed by atoms with Crippen molar-refractivity contribution in [1.29, 1.82) is 0 Å². The number of hydrogen-bond donors (Lipinski definition) is 1. The van der Waals surface area contributed by atoms with Crippen molar-refractivity contribution in [3.05, 3.63) is 64.8 Å². The zero-order valence-corrected chi connectivity index (χ0v) is 15.5. The molecule has 7 nitrogen and oxygen atoms in total. The Labute approximate surface area is 161 Å². The van der Waals surface area contributed by atoms with E-state index in [1.165, 1.54) is 25.2 Å². The highest BCUT2D eigenvalue weighted by molar-refractivity contribution is 7.89. The summed E-state index contributed by atoms with van der Waals surface area (Å²) >= 11 is 0. The van der Waals surface area contributed by atoms with Gasteiger partial charge in [0.1, 0.15) is 5.52 Å². The first kappa shape index (κ1) is 19.2. The lowest BCUT2D eigenvalue weighted by Crippen LogP contribution is -2.20. The first-order chi connectivity index (χ1) is 13.6. The molecule has 2 heterocycles. The average molecular weight is 423 g/mol. The van der Waals surface area contributed by atoms with Gasteiger partial charge in [0.2, 0.25) is 15.6 Å². The summed E-state index contributed by atoms with van der Waals surface area (Å²) in [6, 6.07) is 8.04. The number of aromatic nitrogens is 2. The molecule has 2 aromatic carbocycles. The van der Waals surface area contributed by atoms with Crippen molar-refractivity contribution >= 4 is 32.0 Å². The van der Waals surface area contributed by atoms with Gasteiger partial charge in [0.25, 0.3) is 0 Å². The Kier molecular flexibility index (Phi) is 4.24. The SMILES string of the molecule is CNS(=O)(=O)c1ccc2c(c1)c1ncoc1c(=O)n2-c1ccc(C(F)(F)F)cc1. The Bertz CT molecular complexity index is 1400. The molecule has 0 aliphatic heterocycles. The molecule has 0 saturated heterocycles. The van der Waals surface area contributed by atoms with Crippen molar-refractivity contribution in [3.63, 3.8) is 0 Å². The molecule has 1 N–H and O–H groups in total. The summed E-state index contributed by atoms with van der Waals surface area (Å²) in [7, 11) is -2.51. The summed E-state index contributed by atoms with van der Waals surface area (Å²) in [6.45, 7) is 0. The largest absolute Gasteiger partial charge is 0.438 e. The maximum atomic E-state index is 12.9. The van der Waals surface area contributed by atoms with Crippen LogP contribution in [0.15, 0.2) is 63.0 Å². The molecule has 11 heteroatoms. The number of nitrogens with zero attached hydrogens (tertiary/aromatic N) is 2. The number of halogens is 3. The molecular formula is C18H12F3N3O4S. The highest BCUT2D eigenvalue weighted by Crippen LogP contribution is 2.31. The van der Waals surface area contributed by atoms with Gasteiger partial charge in [0.15, 0.2) is 6.39 Å². The number of oxazole rings is 1. The minimum Gasteiger partial charge on any atom is -0.438 e. The molecule has 0 amide bonds. The first-order valence-electron chi connectivity index (χ1n) is 8.16. The summed E-state index contributed by atoms with van der Waals surface area (Å²) in [4.78, 5) is 16.8. The number of fused-ring (bicyclic) bond motifs is 3. The molecule has 4 rings (SSSR count). The van der Waals surface area contributed by atoms with Crippen LogP contribution in [-0.2, 0) is 16.2 Å². The Morgan fingerprint density at radius 3 is 2.41 bits per heavy atom. The van der Waals surface area contributed by atoms with Crippen LogP contribution < -0.4 is 10.3 Å². The van der Waals surface area contributed by atoms with E-state index >= 15 is 0 Å². The fourth-order valence-electron chi connectivity index (χ4n) is 3.04. The smallest absolute Gasteiger partial charge is 0.416 e. The molecule has 29 heavy (non-hydrogen) atoms. The summed E-state index contributed by atoms with van der Waals surface area (Å²) in [6.07, 6.45) is -3.47. The molecule has 0 saturated carbocycles. The number of hydrogen-bond acceptors (Lipinski definition) is 5. The maximum Gasteiger partial charge on any atom is 0.416 e. The van der Waals surface area contributed by atoms with E-state index in [2.05, 4.69) is 9.71 Å². The van der Waals surface area contributed by atoms with E-state index in [9.17, 15) is 26.4 Å². The normalized spacial score (nSPS) is 12.7. The van der Waals surface area contributed by atoms with Crippen LogP contribution in [0.25, 0.3) is 27.7 Å². The lowest BCUT2D eigenvalue weighted by atomic mass is 10.1. The molecular weight excluding hydrogens is 411 g/mol. The number of pyridine rings is 1. The molecule has 0 atom stereocenters. The van der Waals surface area contributed by atoms with Crippen molar-refractivity contribution in [2.45, 2.75) is 11.1 Å². The van der Waals surface area contributed by atoms with Crippen molar-refractivity contribution in [3.8, 4) is 5.69 Å². The Hall–Kier alpha value is -3.18. The minimum absolute atomic E-state index is 0.0607. The van der Waals surface area contributed by atoms with Crippen LogP contribution in [-0.4, -0.2) is 25.0 Å². The van der Waals surface area contributed by atoms with Gasteiger partial charge < -0.3 is 4.42 Å². The van der Waals surface area contributed by atoms with Crippen molar-refractivity contribution in [1.82, 2.24) is 14.3 Å². The van der Waals surface area contributed by atoms with Crippen molar-refractivity contribution in [2.75, 3.05) is 7.05 Å². The van der Waals surface area contributed by atoms with E-state index in [0.717, 1.165) is 35.2 Å². The summed E-state index contributed by atoms with van der Waals surface area (Å²) in [5, 5.41) is 0.296. The van der Waals surface area contributed by atoms with E-state index in [4.69, 9.17) is 4.42 Å². The fraction of sp³-hybridized carbons (Fsp3) is 0.111. The number of benzene rings is 2. The van der Waals surface area contributed by atoms with Gasteiger partial charge in [-0.3, -0.25) is 9.36 Å². The highest BCUT2D eigenvalue weighted by atomic mass is 32.2. The highest BCUT2D eigenvalue weighted by Gasteiger charge is 2.30. The predicted molar refractivity (Wildman–Crippen MR) is 98.4 cm³/mol. The minimum atomic E-state index is -4.52. The number of nitrogens with one attached hydrogen (secondary N) is 1. The van der Waals surface area contributed by atoms with E-state index in [-0.39, 0.29) is 27.2 Å². The third kappa shape index (κ3) is 3.08. The number of sulfonamides is 1. The molecule has 0 fully saturated rings. The zero-order chi connectivity index (χ0) is 21.0. The van der Waals surface area contributed by atoms with Gasteiger partial charge in [-0.1, -0.05) is 0 Å². The molecule has 4 aromatic rings. The van der Waals surface area contributed by atoms with E-state index in [1.54, 1.807) is 0 Å². The third-order valence-electron chi connectivity index (χ3n) is 4.46. The Balaban J connectivity index is 2.06. The summed E-state index contributed by atoms with van der Waals surface area (Å²) in [5.74, 6) is 0. The van der Waals surface area contributed by atoms with Crippen molar-refractivity contribution < 1.29 is 26.0 Å². The van der Waals surface area contributed by atoms with Crippen molar-refractivity contribution in [2.24, 2.45) is 0 Å². The lowest BCUT2D eigenvalue weighted by Gasteiger charge is -2.13. The van der Waals surface area contributed by atoms with Gasteiger partial charge in [-0.15, -0.1) is 0 Å². The third-order valence-corrected chi connectivity index (χ3v) is 5.87. The van der Waals surface area contributed by atoms with Crippen LogP contribution >= 0.6 is 0 Å². The van der Waals surface area contributed by atoms with E-state index in [0.29, 0.717) is 5.39 Å². The molecule has 0 unspecified atom stereocenters. The fourth-order valence-corrected chi connectivity index (χ4v) is 3.80. The predicted octanol–water partition coefficient (Wildman–Crippen LogP) is 3.06. The average Bonchev–Trinajstić information content (AvgIpc) is 3.18. The molecule has 2 aromatic heterocycles. The van der Waals surface area contributed by atoms with Gasteiger partial charge in [0.05, 0.1) is 16.0 Å². The van der Waals surface area contributed by atoms with Gasteiger partial charge in [-0.2, -0.15) is 13.2 Å². The molecule has 0 aliphatic rings. The van der Waals surface area contributed by atoms with Crippen LogP contribution in [0.3, 0.4) is 0 Å². The molecule has 0 bridgehead atoms. The number of rotatable bonds is 3. The molecule has 150 valence electrons. The molecule has 0 spiro atoms. The Morgan fingerprint density at radius 2 is 1.79 bits per heavy atom. The van der Waals surface area contributed by atoms with Gasteiger partial charge in [-0.25, -0.2) is 18.1 Å². The maximum absolute atomic E-state index is 12.9. The summed E-state index contributed by atoms with van der Waals surface area (Å²) < 4.78 is 71.4. The second-order valence-electron chi connectivity index (χ2n) is 6.10. The number of alkyl halides is 3. The van der Waals surface area contributed by atoms with Crippen LogP contribution in [0.2, 0.25) is 0 Å². The first-order valence-corrected chi connectivity index (χ1v) is 9.65. The second kappa shape index (κ2) is 6.42. The molecule has 0 radical (unpaired) electrons. The van der Waals surface area contributed by atoms with Crippen LogP contribution in [0.1, 0.15) is 5.56 Å². The quantitative estimate of drug-likeness (QED) is 0.547. The van der Waals surface area contributed by atoms with Gasteiger partial charge >= 0.3 is 11.7 Å². The van der Waals surface area contributed by atoms with Crippen LogP contribution in [0.4, 0.5) is 13.2 Å². The van der Waals surface area contributed by atoms with Gasteiger partial charge in [0, 0.05) is 11.1 Å². The van der Waals surface area contributed by atoms with E-state index in [1.807, 2.05) is 0 Å². The Morgan fingerprint density at radius 1 is 1.10 bits per heavy atom. The standard InChI is InChI=1S/C18H12F3N3O4S/c1-22-29(26,27)12-6-7-14-13(8-12)15-16(28-9-23-15)17(25)24(14)11-4-2-10(3-5-11)18(19,20)21/h2-9,22H,1H3. The molecule has 0 aliphatic carbocycles. The van der Waals surface area contributed by atoms with Crippen LogP contribution in [0.5, 0.6) is 0 Å². The van der Waals surface area contributed by atoms with Gasteiger partial charge in [-0.05, 0) is 49.5 Å². The summed E-state index contributed by atoms with van der Waals surface area (Å²) in [5.41, 5.74) is -1.05. The second-order valence-corrected chi connectivity index (χ2v) is 7.99. The van der Waals surface area contributed by atoms with E-state index < -0.39 is 27.3 Å². The monoisotopic (exact) mass is 423 g/mol. The topological polar surface area (TPSA) is 94.2 Å². The van der Waals surface area contributed by atoms with Crippen LogP contribution in [0, 0.1) is 0 Å². The zero-order valence-electron chi connectivity index (χ0n) is 14.7.